The highest BCUT2D eigenvalue weighted by atomic mass is 35.5. The van der Waals surface area contributed by atoms with E-state index < -0.39 is 5.63 Å². The monoisotopic (exact) mass is 341 g/mol. The standard InChI is InChI=1S/C19H16ClNO3/c20-16-8-14-13(11-4-2-1-3-5-11)9-17(22)24-19(14)15(18(16)23)10-21-12-6-7-12/h1-5,8-9,12,21,23H,6-7,10H2. The summed E-state index contributed by atoms with van der Waals surface area (Å²) in [4.78, 5) is 12.1. The first-order valence-corrected chi connectivity index (χ1v) is 8.36. The van der Waals surface area contributed by atoms with Gasteiger partial charge in [-0.05, 0) is 17.2 Å². The zero-order valence-electron chi connectivity index (χ0n) is 12.9. The molecule has 4 rings (SSSR count). The molecule has 24 heavy (non-hydrogen) atoms. The Kier molecular flexibility index (Phi) is 3.79. The van der Waals surface area contributed by atoms with Gasteiger partial charge in [-0.1, -0.05) is 47.7 Å². The van der Waals surface area contributed by atoms with Crippen molar-refractivity contribution >= 4 is 22.6 Å². The molecule has 1 heterocycles. The van der Waals surface area contributed by atoms with Crippen LogP contribution in [0.5, 0.6) is 5.75 Å². The van der Waals surface area contributed by atoms with Crippen LogP contribution < -0.4 is 16.0 Å². The molecule has 1 aliphatic rings. The maximum atomic E-state index is 12.5. The number of hydrogen-bond donors (Lipinski definition) is 1. The lowest BCUT2D eigenvalue weighted by Crippen LogP contribution is -2.84. The van der Waals surface area contributed by atoms with Gasteiger partial charge < -0.3 is 14.8 Å². The summed E-state index contributed by atoms with van der Waals surface area (Å²) in [5.41, 5.74) is 1.99. The second kappa shape index (κ2) is 5.96. The Morgan fingerprint density at radius 1 is 1.21 bits per heavy atom. The Labute approximate surface area is 143 Å². The van der Waals surface area contributed by atoms with Gasteiger partial charge in [0.05, 0.1) is 6.04 Å². The fraction of sp³-hybridized carbons (Fsp3) is 0.211. The Hall–Kier alpha value is -2.30. The lowest BCUT2D eigenvalue weighted by atomic mass is 9.99. The fourth-order valence-electron chi connectivity index (χ4n) is 2.97. The third-order valence-electron chi connectivity index (χ3n) is 4.40. The first kappa shape index (κ1) is 15.2. The lowest BCUT2D eigenvalue weighted by molar-refractivity contribution is -0.684. The smallest absolute Gasteiger partial charge is 0.336 e. The van der Waals surface area contributed by atoms with Crippen LogP contribution in [0.2, 0.25) is 5.02 Å². The van der Waals surface area contributed by atoms with Gasteiger partial charge >= 0.3 is 5.63 Å². The van der Waals surface area contributed by atoms with E-state index in [1.165, 1.54) is 6.07 Å². The summed E-state index contributed by atoms with van der Waals surface area (Å²) in [5.74, 6) is -0.255. The number of fused-ring (bicyclic) bond motifs is 1. The van der Waals surface area contributed by atoms with Crippen LogP contribution in [-0.2, 0) is 6.54 Å². The quantitative estimate of drug-likeness (QED) is 0.741. The summed E-state index contributed by atoms with van der Waals surface area (Å²) in [5, 5.41) is 15.4. The second-order valence-corrected chi connectivity index (χ2v) is 6.57. The molecule has 1 saturated carbocycles. The third-order valence-corrected chi connectivity index (χ3v) is 4.68. The Morgan fingerprint density at radius 2 is 1.96 bits per heavy atom. The van der Waals surface area contributed by atoms with Crippen LogP contribution in [0, 0.1) is 0 Å². The number of nitrogens with two attached hydrogens (primary N) is 1. The van der Waals surface area contributed by atoms with Gasteiger partial charge in [0.25, 0.3) is 0 Å². The van der Waals surface area contributed by atoms with Gasteiger partial charge in [0, 0.05) is 34.9 Å². The topological polar surface area (TPSA) is 69.9 Å². The van der Waals surface area contributed by atoms with Crippen LogP contribution in [0.3, 0.4) is 0 Å². The molecule has 0 saturated heterocycles. The second-order valence-electron chi connectivity index (χ2n) is 6.17. The SMILES string of the molecule is O=c1cc(-c2ccccc2)c2cc(Cl)c([O-])c(C[NH2+]C3CC3)c2o1. The van der Waals surface area contributed by atoms with Crippen molar-refractivity contribution in [3.63, 3.8) is 0 Å². The molecule has 0 spiro atoms. The highest BCUT2D eigenvalue weighted by molar-refractivity contribution is 6.33. The molecule has 2 aromatic carbocycles. The number of rotatable bonds is 4. The van der Waals surface area contributed by atoms with Crippen LogP contribution in [0.25, 0.3) is 22.1 Å². The van der Waals surface area contributed by atoms with E-state index in [4.69, 9.17) is 16.0 Å². The van der Waals surface area contributed by atoms with Crippen LogP contribution in [0.4, 0.5) is 0 Å². The summed E-state index contributed by atoms with van der Waals surface area (Å²) < 4.78 is 5.41. The van der Waals surface area contributed by atoms with Crippen LogP contribution in [0.1, 0.15) is 18.4 Å². The van der Waals surface area contributed by atoms with Gasteiger partial charge in [-0.2, -0.15) is 0 Å². The molecule has 0 amide bonds. The minimum absolute atomic E-state index is 0.160. The van der Waals surface area contributed by atoms with Gasteiger partial charge in [-0.15, -0.1) is 0 Å². The van der Waals surface area contributed by atoms with Gasteiger partial charge in [0.1, 0.15) is 12.1 Å². The summed E-state index contributed by atoms with van der Waals surface area (Å²) in [6.07, 6.45) is 2.32. The minimum Gasteiger partial charge on any atom is -0.871 e. The maximum Gasteiger partial charge on any atom is 0.336 e. The number of halogens is 1. The normalized spacial score (nSPS) is 14.2. The van der Waals surface area contributed by atoms with E-state index in [1.807, 2.05) is 30.3 Å². The van der Waals surface area contributed by atoms with Crippen molar-refractivity contribution in [1.29, 1.82) is 0 Å². The zero-order chi connectivity index (χ0) is 16.7. The predicted molar refractivity (Wildman–Crippen MR) is 91.0 cm³/mol. The molecule has 0 unspecified atom stereocenters. The molecular formula is C19H16ClNO3. The van der Waals surface area contributed by atoms with Crippen molar-refractivity contribution < 1.29 is 14.8 Å². The molecule has 1 aromatic heterocycles. The largest absolute Gasteiger partial charge is 0.871 e. The Morgan fingerprint density at radius 3 is 2.67 bits per heavy atom. The molecule has 3 aromatic rings. The predicted octanol–water partition coefficient (Wildman–Crippen LogP) is 2.41. The van der Waals surface area contributed by atoms with Gasteiger partial charge in [-0.25, -0.2) is 4.79 Å². The highest BCUT2D eigenvalue weighted by Gasteiger charge is 2.26. The van der Waals surface area contributed by atoms with E-state index in [2.05, 4.69) is 5.32 Å². The van der Waals surface area contributed by atoms with Crippen molar-refractivity contribution in [2.45, 2.75) is 25.4 Å². The van der Waals surface area contributed by atoms with Gasteiger partial charge in [-0.3, -0.25) is 0 Å². The van der Waals surface area contributed by atoms with Crippen LogP contribution in [-0.4, -0.2) is 6.04 Å². The van der Waals surface area contributed by atoms with Crippen LogP contribution in [0.15, 0.2) is 51.7 Å². The lowest BCUT2D eigenvalue weighted by Gasteiger charge is -2.17. The molecule has 0 radical (unpaired) electrons. The first-order chi connectivity index (χ1) is 11.6. The average molecular weight is 342 g/mol. The fourth-order valence-corrected chi connectivity index (χ4v) is 3.19. The van der Waals surface area contributed by atoms with E-state index >= 15 is 0 Å². The number of quaternary nitrogens is 1. The molecule has 1 fully saturated rings. The molecule has 0 atom stereocenters. The molecule has 2 N–H and O–H groups in total. The van der Waals surface area contributed by atoms with E-state index in [9.17, 15) is 9.90 Å². The molecule has 1 aliphatic carbocycles. The maximum absolute atomic E-state index is 12.5. The van der Waals surface area contributed by atoms with Crippen LogP contribution >= 0.6 is 11.6 Å². The molecule has 4 nitrogen and oxygen atoms in total. The van der Waals surface area contributed by atoms with E-state index in [-0.39, 0.29) is 10.8 Å². The molecule has 5 heteroatoms. The van der Waals surface area contributed by atoms with Crippen molar-refractivity contribution in [1.82, 2.24) is 0 Å². The Balaban J connectivity index is 1.96. The first-order valence-electron chi connectivity index (χ1n) is 7.98. The summed E-state index contributed by atoms with van der Waals surface area (Å²) in [6, 6.07) is 13.2. The zero-order valence-corrected chi connectivity index (χ0v) is 13.7. The summed E-state index contributed by atoms with van der Waals surface area (Å²) in [7, 11) is 0. The number of benzene rings is 2. The molecule has 0 bridgehead atoms. The van der Waals surface area contributed by atoms with Crippen molar-refractivity contribution in [3.8, 4) is 16.9 Å². The average Bonchev–Trinajstić information content (AvgIpc) is 3.40. The van der Waals surface area contributed by atoms with Gasteiger partial charge in [0.15, 0.2) is 0 Å². The molecular weight excluding hydrogens is 326 g/mol. The molecule has 122 valence electrons. The van der Waals surface area contributed by atoms with Crippen molar-refractivity contribution in [2.24, 2.45) is 0 Å². The highest BCUT2D eigenvalue weighted by Crippen LogP contribution is 2.36. The van der Waals surface area contributed by atoms with E-state index in [1.54, 1.807) is 6.07 Å². The molecule has 0 aliphatic heterocycles. The van der Waals surface area contributed by atoms with E-state index in [0.717, 1.165) is 24.0 Å². The van der Waals surface area contributed by atoms with Crippen molar-refractivity contribution in [2.75, 3.05) is 0 Å². The minimum atomic E-state index is -0.462. The van der Waals surface area contributed by atoms with Gasteiger partial charge in [0.2, 0.25) is 0 Å². The van der Waals surface area contributed by atoms with E-state index in [0.29, 0.717) is 29.1 Å². The number of hydrogen-bond acceptors (Lipinski definition) is 3. The third kappa shape index (κ3) is 2.79. The van der Waals surface area contributed by atoms with Crippen molar-refractivity contribution in [3.05, 3.63) is 63.5 Å². The Bertz CT molecular complexity index is 962. The summed E-state index contributed by atoms with van der Waals surface area (Å²) in [6.45, 7) is 0.474. The summed E-state index contributed by atoms with van der Waals surface area (Å²) >= 11 is 6.18.